The van der Waals surface area contributed by atoms with E-state index in [0.717, 1.165) is 0 Å². The molecule has 0 unspecified atom stereocenters. The first-order valence-electron chi connectivity index (χ1n) is 6.27. The Morgan fingerprint density at radius 2 is 1.11 bits per heavy atom. The number of rotatable bonds is 15. The fraction of sp³-hybridized carbons (Fsp3) is 1.00. The summed E-state index contributed by atoms with van der Waals surface area (Å²) in [6.45, 7) is 2.83. The maximum absolute atomic E-state index is 11.7. The van der Waals surface area contributed by atoms with Crippen LogP contribution >= 0.6 is 0 Å². The molecule has 0 saturated heterocycles. The molecular weight excluding hydrogens is 259 g/mol. The van der Waals surface area contributed by atoms with E-state index >= 15 is 0 Å². The first kappa shape index (κ1) is 18.7. The van der Waals surface area contributed by atoms with E-state index in [1.54, 1.807) is 14.2 Å². The van der Waals surface area contributed by atoms with Crippen molar-refractivity contribution in [2.45, 2.75) is 6.29 Å². The Hall–Kier alpha value is -0.310. The van der Waals surface area contributed by atoms with Crippen LogP contribution in [0.3, 0.4) is 0 Å². The third-order valence-electron chi connectivity index (χ3n) is 2.12. The molecule has 19 heavy (non-hydrogen) atoms. The Morgan fingerprint density at radius 3 is 1.53 bits per heavy atom. The third-order valence-corrected chi connectivity index (χ3v) is 2.12. The molecule has 0 fully saturated rings. The fourth-order valence-corrected chi connectivity index (χ4v) is 1.13. The second kappa shape index (κ2) is 15.7. The second-order valence-corrected chi connectivity index (χ2v) is 3.50. The van der Waals surface area contributed by atoms with Crippen molar-refractivity contribution in [3.05, 3.63) is 0 Å². The van der Waals surface area contributed by atoms with Crippen molar-refractivity contribution >= 4 is 0 Å². The smallest absolute Gasteiger partial charge is 0.180 e. The number of hydrogen-bond donors (Lipinski definition) is 0. The maximum atomic E-state index is 11.7. The van der Waals surface area contributed by atoms with Gasteiger partial charge >= 0.3 is 0 Å². The molecule has 0 atom stereocenters. The van der Waals surface area contributed by atoms with Gasteiger partial charge in [-0.05, 0) is 0 Å². The lowest BCUT2D eigenvalue weighted by Gasteiger charge is -2.13. The van der Waals surface area contributed by atoms with Gasteiger partial charge in [0.05, 0.1) is 52.9 Å². The Balaban J connectivity index is 3.02. The Bertz CT molecular complexity index is 168. The molecule has 0 rings (SSSR count). The number of alkyl halides is 1. The zero-order valence-corrected chi connectivity index (χ0v) is 11.8. The van der Waals surface area contributed by atoms with Crippen LogP contribution in [-0.2, 0) is 28.4 Å². The molecule has 7 heteroatoms. The van der Waals surface area contributed by atoms with Gasteiger partial charge in [-0.2, -0.15) is 0 Å². The lowest BCUT2D eigenvalue weighted by Crippen LogP contribution is -2.21. The molecule has 0 saturated carbocycles. The summed E-state index contributed by atoms with van der Waals surface area (Å²) in [4.78, 5) is 0. The molecular formula is C12H25FO6. The summed E-state index contributed by atoms with van der Waals surface area (Å²) >= 11 is 0. The van der Waals surface area contributed by atoms with Crippen molar-refractivity contribution in [1.82, 2.24) is 0 Å². The summed E-state index contributed by atoms with van der Waals surface area (Å²) in [5, 5.41) is 0. The summed E-state index contributed by atoms with van der Waals surface area (Å²) < 4.78 is 42.2. The highest BCUT2D eigenvalue weighted by atomic mass is 19.1. The average Bonchev–Trinajstić information content (AvgIpc) is 2.44. The standard InChI is InChI=1S/C12H25FO6/c1-14-12(15-2)11-19-10-9-18-8-7-17-6-5-16-4-3-13/h12H,3-11H2,1-2H3. The number of hydrogen-bond acceptors (Lipinski definition) is 6. The summed E-state index contributed by atoms with van der Waals surface area (Å²) in [6, 6.07) is 0. The lowest BCUT2D eigenvalue weighted by atomic mass is 10.6. The molecule has 116 valence electrons. The average molecular weight is 284 g/mol. The largest absolute Gasteiger partial charge is 0.377 e. The van der Waals surface area contributed by atoms with Gasteiger partial charge in [0.2, 0.25) is 0 Å². The predicted molar refractivity (Wildman–Crippen MR) is 67.1 cm³/mol. The third kappa shape index (κ3) is 13.9. The van der Waals surface area contributed by atoms with Crippen molar-refractivity contribution in [3.8, 4) is 0 Å². The maximum Gasteiger partial charge on any atom is 0.180 e. The van der Waals surface area contributed by atoms with Crippen molar-refractivity contribution in [1.29, 1.82) is 0 Å². The molecule has 6 nitrogen and oxygen atoms in total. The predicted octanol–water partition coefficient (Wildman–Crippen LogP) is 0.641. The first-order chi connectivity index (χ1) is 9.35. The SMILES string of the molecule is COC(COCCOCCOCCOCCF)OC. The molecule has 0 aromatic heterocycles. The molecule has 0 bridgehead atoms. The van der Waals surface area contributed by atoms with Crippen LogP contribution < -0.4 is 0 Å². The molecule has 0 aromatic rings. The van der Waals surface area contributed by atoms with Crippen LogP contribution in [0.15, 0.2) is 0 Å². The zero-order valence-electron chi connectivity index (χ0n) is 11.8. The molecule has 0 amide bonds. The van der Waals surface area contributed by atoms with Crippen LogP contribution in [-0.4, -0.2) is 80.0 Å². The zero-order chi connectivity index (χ0) is 14.2. The van der Waals surface area contributed by atoms with Crippen LogP contribution in [0.1, 0.15) is 0 Å². The van der Waals surface area contributed by atoms with E-state index in [0.29, 0.717) is 46.2 Å². The molecule has 0 aromatic carbocycles. The van der Waals surface area contributed by atoms with Gasteiger partial charge in [0.25, 0.3) is 0 Å². The van der Waals surface area contributed by atoms with Gasteiger partial charge in [-0.25, -0.2) is 4.39 Å². The van der Waals surface area contributed by atoms with E-state index in [-0.39, 0.29) is 12.9 Å². The van der Waals surface area contributed by atoms with E-state index in [1.807, 2.05) is 0 Å². The Labute approximate surface area is 114 Å². The molecule has 0 aliphatic carbocycles. The van der Waals surface area contributed by atoms with Gasteiger partial charge in [-0.3, -0.25) is 0 Å². The molecule has 0 N–H and O–H groups in total. The Kier molecular flexibility index (Phi) is 15.5. The van der Waals surface area contributed by atoms with Crippen LogP contribution in [0.5, 0.6) is 0 Å². The lowest BCUT2D eigenvalue weighted by molar-refractivity contribution is -0.143. The van der Waals surface area contributed by atoms with E-state index in [9.17, 15) is 4.39 Å². The van der Waals surface area contributed by atoms with Crippen LogP contribution in [0, 0.1) is 0 Å². The van der Waals surface area contributed by atoms with Gasteiger partial charge in [0.1, 0.15) is 6.67 Å². The van der Waals surface area contributed by atoms with Crippen LogP contribution in [0.4, 0.5) is 4.39 Å². The normalized spacial score (nSPS) is 11.4. The number of methoxy groups -OCH3 is 2. The first-order valence-corrected chi connectivity index (χ1v) is 6.27. The van der Waals surface area contributed by atoms with Gasteiger partial charge in [-0.15, -0.1) is 0 Å². The molecule has 0 heterocycles. The monoisotopic (exact) mass is 284 g/mol. The quantitative estimate of drug-likeness (QED) is 0.325. The fourth-order valence-electron chi connectivity index (χ4n) is 1.13. The van der Waals surface area contributed by atoms with E-state index in [1.165, 1.54) is 0 Å². The van der Waals surface area contributed by atoms with Crippen molar-refractivity contribution in [3.63, 3.8) is 0 Å². The summed E-state index contributed by atoms with van der Waals surface area (Å²) in [5.41, 5.74) is 0. The highest BCUT2D eigenvalue weighted by molar-refractivity contribution is 4.39. The topological polar surface area (TPSA) is 55.4 Å². The van der Waals surface area contributed by atoms with Crippen molar-refractivity contribution in [2.24, 2.45) is 0 Å². The number of halogens is 1. The van der Waals surface area contributed by atoms with Crippen LogP contribution in [0.25, 0.3) is 0 Å². The van der Waals surface area contributed by atoms with Crippen molar-refractivity contribution in [2.75, 3.05) is 73.7 Å². The molecule has 0 spiro atoms. The minimum Gasteiger partial charge on any atom is -0.377 e. The highest BCUT2D eigenvalue weighted by Gasteiger charge is 2.03. The van der Waals surface area contributed by atoms with Crippen molar-refractivity contribution < 1.29 is 32.8 Å². The molecule has 0 radical (unpaired) electrons. The van der Waals surface area contributed by atoms with E-state index in [2.05, 4.69) is 0 Å². The minimum atomic E-state index is -0.462. The van der Waals surface area contributed by atoms with Gasteiger partial charge in [0.15, 0.2) is 6.29 Å². The van der Waals surface area contributed by atoms with Gasteiger partial charge in [-0.1, -0.05) is 0 Å². The van der Waals surface area contributed by atoms with Gasteiger partial charge < -0.3 is 28.4 Å². The summed E-state index contributed by atoms with van der Waals surface area (Å²) in [5.74, 6) is 0. The molecule has 0 aliphatic rings. The highest BCUT2D eigenvalue weighted by Crippen LogP contribution is 1.91. The Morgan fingerprint density at radius 1 is 0.684 bits per heavy atom. The summed E-state index contributed by atoms with van der Waals surface area (Å²) in [6.07, 6.45) is -0.340. The van der Waals surface area contributed by atoms with E-state index in [4.69, 9.17) is 28.4 Å². The van der Waals surface area contributed by atoms with Crippen LogP contribution in [0.2, 0.25) is 0 Å². The summed E-state index contributed by atoms with van der Waals surface area (Å²) in [7, 11) is 3.12. The van der Waals surface area contributed by atoms with E-state index < -0.39 is 6.67 Å². The number of ether oxygens (including phenoxy) is 6. The van der Waals surface area contributed by atoms with Gasteiger partial charge in [0, 0.05) is 14.2 Å². The second-order valence-electron chi connectivity index (χ2n) is 3.50. The minimum absolute atomic E-state index is 0.126. The molecule has 0 aliphatic heterocycles.